The van der Waals surface area contributed by atoms with Gasteiger partial charge in [-0.2, -0.15) is 5.26 Å². The third-order valence-electron chi connectivity index (χ3n) is 2.67. The Labute approximate surface area is 125 Å². The van der Waals surface area contributed by atoms with E-state index in [1.807, 2.05) is 6.07 Å². The van der Waals surface area contributed by atoms with E-state index in [4.69, 9.17) is 26.3 Å². The lowest BCUT2D eigenvalue weighted by molar-refractivity contribution is -0.385. The fourth-order valence-corrected chi connectivity index (χ4v) is 1.88. The maximum atomic E-state index is 11.0. The summed E-state index contributed by atoms with van der Waals surface area (Å²) < 4.78 is 10.5. The second kappa shape index (κ2) is 6.11. The van der Waals surface area contributed by atoms with Gasteiger partial charge < -0.3 is 9.47 Å². The molecule has 0 atom stereocenters. The van der Waals surface area contributed by atoms with Crippen molar-refractivity contribution in [3.8, 4) is 23.3 Å². The van der Waals surface area contributed by atoms with Crippen LogP contribution in [0.4, 0.5) is 5.69 Å². The first-order chi connectivity index (χ1) is 10.1. The normalized spacial score (nSPS) is 9.76. The van der Waals surface area contributed by atoms with E-state index in [0.717, 1.165) is 0 Å². The number of ether oxygens (including phenoxy) is 2. The molecule has 7 heteroatoms. The summed E-state index contributed by atoms with van der Waals surface area (Å²) >= 11 is 5.90. The minimum Gasteiger partial charge on any atom is -0.497 e. The molecule has 0 aliphatic heterocycles. The van der Waals surface area contributed by atoms with Crippen molar-refractivity contribution in [2.45, 2.75) is 0 Å². The van der Waals surface area contributed by atoms with Gasteiger partial charge in [-0.3, -0.25) is 10.1 Å². The number of hydrogen-bond donors (Lipinski definition) is 0. The molecule has 106 valence electrons. The third kappa shape index (κ3) is 3.04. The number of methoxy groups -OCH3 is 1. The molecule has 0 heterocycles. The highest BCUT2D eigenvalue weighted by atomic mass is 35.5. The molecular weight excluding hydrogens is 296 g/mol. The van der Waals surface area contributed by atoms with Gasteiger partial charge in [-0.15, -0.1) is 0 Å². The average Bonchev–Trinajstić information content (AvgIpc) is 2.47. The van der Waals surface area contributed by atoms with Gasteiger partial charge in [0.15, 0.2) is 0 Å². The van der Waals surface area contributed by atoms with Crippen LogP contribution in [0.15, 0.2) is 36.4 Å². The van der Waals surface area contributed by atoms with E-state index in [0.29, 0.717) is 5.75 Å². The summed E-state index contributed by atoms with van der Waals surface area (Å²) in [5, 5.41) is 20.3. The second-order valence-electron chi connectivity index (χ2n) is 3.92. The monoisotopic (exact) mass is 304 g/mol. The van der Waals surface area contributed by atoms with E-state index < -0.39 is 4.92 Å². The van der Waals surface area contributed by atoms with Crippen molar-refractivity contribution < 1.29 is 14.4 Å². The van der Waals surface area contributed by atoms with Crippen LogP contribution in [-0.2, 0) is 0 Å². The summed E-state index contributed by atoms with van der Waals surface area (Å²) in [5.74, 6) is 0.510. The molecule has 0 amide bonds. The minimum absolute atomic E-state index is 0.0295. The zero-order valence-corrected chi connectivity index (χ0v) is 11.6. The van der Waals surface area contributed by atoms with Crippen LogP contribution in [0.25, 0.3) is 0 Å². The average molecular weight is 305 g/mol. The van der Waals surface area contributed by atoms with Crippen LogP contribution in [-0.4, -0.2) is 12.0 Å². The molecule has 2 rings (SSSR count). The number of benzene rings is 2. The largest absolute Gasteiger partial charge is 0.497 e. The summed E-state index contributed by atoms with van der Waals surface area (Å²) in [7, 11) is 1.44. The predicted molar refractivity (Wildman–Crippen MR) is 75.9 cm³/mol. The van der Waals surface area contributed by atoms with Crippen LogP contribution >= 0.6 is 11.6 Å². The number of halogens is 1. The Morgan fingerprint density at radius 1 is 1.29 bits per heavy atom. The van der Waals surface area contributed by atoms with Crippen molar-refractivity contribution in [2.75, 3.05) is 7.11 Å². The lowest BCUT2D eigenvalue weighted by Gasteiger charge is -2.09. The van der Waals surface area contributed by atoms with Crippen LogP contribution in [0.3, 0.4) is 0 Å². The Bertz CT molecular complexity index is 740. The summed E-state index contributed by atoms with van der Waals surface area (Å²) in [4.78, 5) is 10.4. The molecular formula is C14H9ClN2O4. The van der Waals surface area contributed by atoms with E-state index in [1.165, 1.54) is 37.4 Å². The number of nitrogens with zero attached hydrogens (tertiary/aromatic N) is 2. The molecule has 0 bridgehead atoms. The molecule has 2 aromatic carbocycles. The summed E-state index contributed by atoms with van der Waals surface area (Å²) in [5.41, 5.74) is -0.129. The minimum atomic E-state index is -0.578. The Kier molecular flexibility index (Phi) is 4.26. The lowest BCUT2D eigenvalue weighted by atomic mass is 10.2. The van der Waals surface area contributed by atoms with Gasteiger partial charge in [0.2, 0.25) is 5.75 Å². The smallest absolute Gasteiger partial charge is 0.311 e. The number of nitriles is 1. The zero-order chi connectivity index (χ0) is 15.4. The van der Waals surface area contributed by atoms with Crippen LogP contribution in [0.2, 0.25) is 5.02 Å². The molecule has 0 spiro atoms. The van der Waals surface area contributed by atoms with Gasteiger partial charge in [-0.1, -0.05) is 17.7 Å². The van der Waals surface area contributed by atoms with E-state index in [9.17, 15) is 10.1 Å². The standard InChI is InChI=1S/C14H9ClN2O4/c1-20-9-5-6-12(17(18)19)14(7-9)21-13-4-2-3-11(15)10(13)8-16/h2-7H,1H3. The molecule has 2 aromatic rings. The quantitative estimate of drug-likeness (QED) is 0.631. The first-order valence-electron chi connectivity index (χ1n) is 5.75. The summed E-state index contributed by atoms with van der Waals surface area (Å²) in [6, 6.07) is 10.6. The molecule has 0 unspecified atom stereocenters. The summed E-state index contributed by atoms with van der Waals surface area (Å²) in [6.07, 6.45) is 0. The van der Waals surface area contributed by atoms with Crippen molar-refractivity contribution in [2.24, 2.45) is 0 Å². The SMILES string of the molecule is COc1ccc([N+](=O)[O-])c(Oc2cccc(Cl)c2C#N)c1. The first-order valence-corrected chi connectivity index (χ1v) is 6.13. The van der Waals surface area contributed by atoms with Crippen molar-refractivity contribution in [3.63, 3.8) is 0 Å². The fourth-order valence-electron chi connectivity index (χ4n) is 1.67. The Morgan fingerprint density at radius 2 is 2.05 bits per heavy atom. The number of nitro benzene ring substituents is 1. The molecule has 0 N–H and O–H groups in total. The second-order valence-corrected chi connectivity index (χ2v) is 4.32. The maximum absolute atomic E-state index is 11.0. The molecule has 0 aliphatic rings. The molecule has 6 nitrogen and oxygen atoms in total. The van der Waals surface area contributed by atoms with E-state index in [1.54, 1.807) is 6.07 Å². The van der Waals surface area contributed by atoms with Crippen LogP contribution in [0, 0.1) is 21.4 Å². The van der Waals surface area contributed by atoms with E-state index in [-0.39, 0.29) is 27.8 Å². The van der Waals surface area contributed by atoms with Gasteiger partial charge in [0.1, 0.15) is 23.1 Å². The van der Waals surface area contributed by atoms with Crippen LogP contribution < -0.4 is 9.47 Å². The maximum Gasteiger partial charge on any atom is 0.311 e. The zero-order valence-electron chi connectivity index (χ0n) is 10.9. The molecule has 0 aromatic heterocycles. The van der Waals surface area contributed by atoms with Gasteiger partial charge in [0.05, 0.1) is 17.1 Å². The number of rotatable bonds is 4. The van der Waals surface area contributed by atoms with Crippen molar-refractivity contribution in [1.29, 1.82) is 5.26 Å². The highest BCUT2D eigenvalue weighted by molar-refractivity contribution is 6.31. The number of hydrogen-bond acceptors (Lipinski definition) is 5. The molecule has 0 saturated heterocycles. The first kappa shape index (κ1) is 14.6. The Morgan fingerprint density at radius 3 is 2.67 bits per heavy atom. The van der Waals surface area contributed by atoms with Crippen LogP contribution in [0.5, 0.6) is 17.2 Å². The fraction of sp³-hybridized carbons (Fsp3) is 0.0714. The van der Waals surface area contributed by atoms with E-state index in [2.05, 4.69) is 0 Å². The van der Waals surface area contributed by atoms with Gasteiger partial charge in [-0.05, 0) is 18.2 Å². The Balaban J connectivity index is 2.51. The van der Waals surface area contributed by atoms with Gasteiger partial charge >= 0.3 is 5.69 Å². The lowest BCUT2D eigenvalue weighted by Crippen LogP contribution is -1.96. The van der Waals surface area contributed by atoms with E-state index >= 15 is 0 Å². The highest BCUT2D eigenvalue weighted by Crippen LogP contribution is 2.37. The molecule has 0 saturated carbocycles. The number of nitro groups is 1. The van der Waals surface area contributed by atoms with Crippen molar-refractivity contribution in [3.05, 3.63) is 57.1 Å². The van der Waals surface area contributed by atoms with Crippen LogP contribution in [0.1, 0.15) is 5.56 Å². The van der Waals surface area contributed by atoms with Crippen molar-refractivity contribution in [1.82, 2.24) is 0 Å². The molecule has 0 fully saturated rings. The molecule has 0 radical (unpaired) electrons. The van der Waals surface area contributed by atoms with Gasteiger partial charge in [0, 0.05) is 12.1 Å². The predicted octanol–water partition coefficient (Wildman–Crippen LogP) is 3.92. The topological polar surface area (TPSA) is 85.4 Å². The van der Waals surface area contributed by atoms with Gasteiger partial charge in [-0.25, -0.2) is 0 Å². The van der Waals surface area contributed by atoms with Crippen molar-refractivity contribution >= 4 is 17.3 Å². The third-order valence-corrected chi connectivity index (χ3v) is 2.99. The molecule has 0 aliphatic carbocycles. The highest BCUT2D eigenvalue weighted by Gasteiger charge is 2.19. The molecule has 21 heavy (non-hydrogen) atoms. The summed E-state index contributed by atoms with van der Waals surface area (Å²) in [6.45, 7) is 0. The Hall–Kier alpha value is -2.78. The van der Waals surface area contributed by atoms with Gasteiger partial charge in [0.25, 0.3) is 0 Å².